The Morgan fingerprint density at radius 2 is 1.81 bits per heavy atom. The summed E-state index contributed by atoms with van der Waals surface area (Å²) in [6, 6.07) is 7.08. The zero-order valence-electron chi connectivity index (χ0n) is 11.7. The van der Waals surface area contributed by atoms with Crippen LogP contribution in [0.5, 0.6) is 0 Å². The van der Waals surface area contributed by atoms with Gasteiger partial charge in [0.1, 0.15) is 0 Å². The van der Waals surface area contributed by atoms with Crippen LogP contribution in [0.2, 0.25) is 0 Å². The Morgan fingerprint density at radius 3 is 2.33 bits per heavy atom. The third kappa shape index (κ3) is 5.06. The Bertz CT molecular complexity index is 681. The summed E-state index contributed by atoms with van der Waals surface area (Å²) in [6.45, 7) is 0.601. The molecule has 1 fully saturated rings. The molecule has 6 nitrogen and oxygen atoms in total. The lowest BCUT2D eigenvalue weighted by molar-refractivity contribution is 0.542. The molecule has 0 aromatic heterocycles. The van der Waals surface area contributed by atoms with Gasteiger partial charge >= 0.3 is 0 Å². The SMILES string of the molecule is NCc1ccc(CS(=O)(=O)NCC2CCS(=O)(=O)C2)cc1. The Kier molecular flexibility index (Phi) is 5.03. The van der Waals surface area contributed by atoms with E-state index in [0.717, 1.165) is 5.56 Å². The van der Waals surface area contributed by atoms with E-state index in [1.54, 1.807) is 24.3 Å². The molecule has 1 unspecified atom stereocenters. The molecule has 3 N–H and O–H groups in total. The highest BCUT2D eigenvalue weighted by Crippen LogP contribution is 2.18. The fourth-order valence-corrected chi connectivity index (χ4v) is 5.40. The van der Waals surface area contributed by atoms with Gasteiger partial charge in [-0.05, 0) is 23.5 Å². The molecule has 21 heavy (non-hydrogen) atoms. The van der Waals surface area contributed by atoms with Crippen LogP contribution in [0.1, 0.15) is 17.5 Å². The van der Waals surface area contributed by atoms with Crippen molar-refractivity contribution in [2.24, 2.45) is 11.7 Å². The molecule has 1 aromatic carbocycles. The molecule has 1 saturated heterocycles. The average molecular weight is 332 g/mol. The molecule has 0 amide bonds. The zero-order valence-corrected chi connectivity index (χ0v) is 13.3. The zero-order chi connectivity index (χ0) is 15.5. The van der Waals surface area contributed by atoms with E-state index in [-0.39, 0.29) is 29.7 Å². The predicted molar refractivity (Wildman–Crippen MR) is 81.7 cm³/mol. The molecule has 0 aliphatic carbocycles. The normalized spacial score (nSPS) is 21.5. The van der Waals surface area contributed by atoms with E-state index < -0.39 is 19.9 Å². The van der Waals surface area contributed by atoms with E-state index in [0.29, 0.717) is 18.5 Å². The molecule has 1 aliphatic rings. The fraction of sp³-hybridized carbons (Fsp3) is 0.538. The van der Waals surface area contributed by atoms with Crippen LogP contribution >= 0.6 is 0 Å². The predicted octanol–water partition coefficient (Wildman–Crippen LogP) is -0.000600. The number of benzene rings is 1. The average Bonchev–Trinajstić information content (AvgIpc) is 2.77. The second-order valence-corrected chi connectivity index (χ2v) is 9.43. The molecule has 1 heterocycles. The Labute approximate surface area is 125 Å². The summed E-state index contributed by atoms with van der Waals surface area (Å²) in [4.78, 5) is 0. The molecule has 2 rings (SSSR count). The van der Waals surface area contributed by atoms with Crippen LogP contribution in [0, 0.1) is 5.92 Å². The van der Waals surface area contributed by atoms with Crippen LogP contribution in [-0.4, -0.2) is 34.9 Å². The Hall–Kier alpha value is -0.960. The summed E-state index contributed by atoms with van der Waals surface area (Å²) < 4.78 is 49.1. The lowest BCUT2D eigenvalue weighted by Crippen LogP contribution is -2.30. The van der Waals surface area contributed by atoms with Crippen LogP contribution in [0.25, 0.3) is 0 Å². The Morgan fingerprint density at radius 1 is 1.19 bits per heavy atom. The lowest BCUT2D eigenvalue weighted by Gasteiger charge is -2.10. The molecule has 0 radical (unpaired) electrons. The van der Waals surface area contributed by atoms with Gasteiger partial charge in [0.25, 0.3) is 0 Å². The maximum Gasteiger partial charge on any atom is 0.215 e. The summed E-state index contributed by atoms with van der Waals surface area (Å²) in [5.41, 5.74) is 7.11. The highest BCUT2D eigenvalue weighted by atomic mass is 32.2. The van der Waals surface area contributed by atoms with Crippen molar-refractivity contribution >= 4 is 19.9 Å². The van der Waals surface area contributed by atoms with Gasteiger partial charge in [-0.1, -0.05) is 24.3 Å². The topological polar surface area (TPSA) is 106 Å². The molecular weight excluding hydrogens is 312 g/mol. The van der Waals surface area contributed by atoms with Crippen LogP contribution < -0.4 is 10.5 Å². The molecule has 8 heteroatoms. The maximum absolute atomic E-state index is 12.0. The third-order valence-electron chi connectivity index (χ3n) is 3.53. The second-order valence-electron chi connectivity index (χ2n) is 5.40. The van der Waals surface area contributed by atoms with Crippen molar-refractivity contribution in [3.63, 3.8) is 0 Å². The van der Waals surface area contributed by atoms with Crippen LogP contribution in [-0.2, 0) is 32.2 Å². The number of hydrogen-bond donors (Lipinski definition) is 2. The minimum absolute atomic E-state index is 0.0702. The van der Waals surface area contributed by atoms with E-state index in [2.05, 4.69) is 4.72 Å². The van der Waals surface area contributed by atoms with Crippen molar-refractivity contribution in [2.45, 2.75) is 18.7 Å². The molecule has 1 aliphatic heterocycles. The van der Waals surface area contributed by atoms with Crippen molar-refractivity contribution < 1.29 is 16.8 Å². The molecule has 0 saturated carbocycles. The summed E-state index contributed by atoms with van der Waals surface area (Å²) in [6.07, 6.45) is 0.524. The van der Waals surface area contributed by atoms with E-state index in [1.165, 1.54) is 0 Å². The molecule has 118 valence electrons. The van der Waals surface area contributed by atoms with Crippen LogP contribution in [0.15, 0.2) is 24.3 Å². The second kappa shape index (κ2) is 6.43. The number of hydrogen-bond acceptors (Lipinski definition) is 5. The van der Waals surface area contributed by atoms with Gasteiger partial charge in [-0.25, -0.2) is 21.6 Å². The number of sulfonamides is 1. The van der Waals surface area contributed by atoms with E-state index in [9.17, 15) is 16.8 Å². The first-order valence-electron chi connectivity index (χ1n) is 6.75. The Balaban J connectivity index is 1.89. The summed E-state index contributed by atoms with van der Waals surface area (Å²) in [7, 11) is -6.43. The summed E-state index contributed by atoms with van der Waals surface area (Å²) in [5, 5.41) is 0. The van der Waals surface area contributed by atoms with Gasteiger partial charge in [0, 0.05) is 13.1 Å². The van der Waals surface area contributed by atoms with Gasteiger partial charge in [-0.15, -0.1) is 0 Å². The van der Waals surface area contributed by atoms with Gasteiger partial charge in [0.15, 0.2) is 9.84 Å². The monoisotopic (exact) mass is 332 g/mol. The molecule has 1 aromatic rings. The summed E-state index contributed by atoms with van der Waals surface area (Å²) >= 11 is 0. The van der Waals surface area contributed by atoms with Gasteiger partial charge in [0.2, 0.25) is 10.0 Å². The van der Waals surface area contributed by atoms with Gasteiger partial charge in [-0.3, -0.25) is 0 Å². The smallest absolute Gasteiger partial charge is 0.215 e. The third-order valence-corrected chi connectivity index (χ3v) is 6.69. The van der Waals surface area contributed by atoms with Crippen molar-refractivity contribution in [1.29, 1.82) is 0 Å². The van der Waals surface area contributed by atoms with Crippen LogP contribution in [0.4, 0.5) is 0 Å². The standard InChI is InChI=1S/C13H20N2O4S2/c14-7-11-1-3-12(4-2-11)10-21(18,19)15-8-13-5-6-20(16,17)9-13/h1-4,13,15H,5-10,14H2. The first-order chi connectivity index (χ1) is 9.80. The molecule has 0 bridgehead atoms. The van der Waals surface area contributed by atoms with E-state index in [4.69, 9.17) is 5.73 Å². The number of nitrogens with two attached hydrogens (primary N) is 1. The molecular formula is C13H20N2O4S2. The molecule has 0 spiro atoms. The van der Waals surface area contributed by atoms with E-state index >= 15 is 0 Å². The first kappa shape index (κ1) is 16.4. The maximum atomic E-state index is 12.0. The van der Waals surface area contributed by atoms with Crippen molar-refractivity contribution in [2.75, 3.05) is 18.1 Å². The number of rotatable bonds is 6. The summed E-state index contributed by atoms with van der Waals surface area (Å²) in [5.74, 6) is -0.0118. The van der Waals surface area contributed by atoms with Gasteiger partial charge < -0.3 is 5.73 Å². The van der Waals surface area contributed by atoms with Crippen molar-refractivity contribution in [1.82, 2.24) is 4.72 Å². The quantitative estimate of drug-likeness (QED) is 0.762. The van der Waals surface area contributed by atoms with Gasteiger partial charge in [-0.2, -0.15) is 0 Å². The highest BCUT2D eigenvalue weighted by Gasteiger charge is 2.28. The lowest BCUT2D eigenvalue weighted by atomic mass is 10.1. The van der Waals surface area contributed by atoms with Crippen molar-refractivity contribution in [3.8, 4) is 0 Å². The highest BCUT2D eigenvalue weighted by molar-refractivity contribution is 7.91. The minimum atomic E-state index is -3.46. The largest absolute Gasteiger partial charge is 0.326 e. The minimum Gasteiger partial charge on any atom is -0.326 e. The first-order valence-corrected chi connectivity index (χ1v) is 10.2. The molecule has 1 atom stereocenters. The van der Waals surface area contributed by atoms with Crippen LogP contribution in [0.3, 0.4) is 0 Å². The van der Waals surface area contributed by atoms with E-state index in [1.807, 2.05) is 0 Å². The number of nitrogens with one attached hydrogen (secondary N) is 1. The fourth-order valence-electron chi connectivity index (χ4n) is 2.32. The van der Waals surface area contributed by atoms with Crippen molar-refractivity contribution in [3.05, 3.63) is 35.4 Å². The van der Waals surface area contributed by atoms with Gasteiger partial charge in [0.05, 0.1) is 17.3 Å². The number of sulfone groups is 1.